The molecule has 0 heterocycles. The smallest absolute Gasteiger partial charge is 0.0468 e. The summed E-state index contributed by atoms with van der Waals surface area (Å²) in [6.45, 7) is 6.38. The highest BCUT2D eigenvalue weighted by Crippen LogP contribution is 2.33. The van der Waals surface area contributed by atoms with Gasteiger partial charge in [-0.3, -0.25) is 0 Å². The molecule has 0 spiro atoms. The van der Waals surface area contributed by atoms with Crippen molar-refractivity contribution in [1.29, 1.82) is 0 Å². The van der Waals surface area contributed by atoms with Gasteiger partial charge in [-0.1, -0.05) is 42.6 Å². The first-order chi connectivity index (χ1) is 7.70. The van der Waals surface area contributed by atoms with Crippen LogP contribution in [0.25, 0.3) is 0 Å². The lowest BCUT2D eigenvalue weighted by molar-refractivity contribution is 0.119. The summed E-state index contributed by atoms with van der Waals surface area (Å²) < 4.78 is 5.64. The van der Waals surface area contributed by atoms with Crippen LogP contribution >= 0.6 is 15.9 Å². The molecular weight excluding hydrogens is 264 g/mol. The van der Waals surface area contributed by atoms with Crippen LogP contribution in [0, 0.1) is 11.8 Å². The second-order valence-corrected chi connectivity index (χ2v) is 6.67. The molecule has 2 heteroatoms. The maximum atomic E-state index is 5.64. The van der Waals surface area contributed by atoms with Crippen molar-refractivity contribution in [2.45, 2.75) is 63.6 Å². The molecule has 0 amide bonds. The van der Waals surface area contributed by atoms with Crippen LogP contribution in [-0.4, -0.2) is 18.0 Å². The Morgan fingerprint density at radius 2 is 1.81 bits per heavy atom. The Morgan fingerprint density at radius 1 is 1.12 bits per heavy atom. The highest BCUT2D eigenvalue weighted by Gasteiger charge is 2.22. The van der Waals surface area contributed by atoms with Gasteiger partial charge < -0.3 is 4.74 Å². The average molecular weight is 291 g/mol. The summed E-state index contributed by atoms with van der Waals surface area (Å²) in [5.41, 5.74) is 0. The van der Waals surface area contributed by atoms with Crippen LogP contribution in [0.5, 0.6) is 0 Å². The van der Waals surface area contributed by atoms with Gasteiger partial charge in [-0.05, 0) is 43.9 Å². The van der Waals surface area contributed by atoms with Gasteiger partial charge in [-0.25, -0.2) is 0 Å². The van der Waals surface area contributed by atoms with Gasteiger partial charge in [0.2, 0.25) is 0 Å². The van der Waals surface area contributed by atoms with E-state index in [-0.39, 0.29) is 0 Å². The van der Waals surface area contributed by atoms with E-state index < -0.39 is 0 Å². The molecule has 0 aromatic heterocycles. The summed E-state index contributed by atoms with van der Waals surface area (Å²) in [6, 6.07) is 0. The third-order valence-electron chi connectivity index (χ3n) is 3.52. The average Bonchev–Trinajstić information content (AvgIpc) is 2.75. The third-order valence-corrected chi connectivity index (χ3v) is 4.72. The number of ether oxygens (including phenoxy) is 1. The highest BCUT2D eigenvalue weighted by atomic mass is 79.9. The number of hydrogen-bond acceptors (Lipinski definition) is 1. The molecule has 0 aliphatic heterocycles. The maximum absolute atomic E-state index is 5.64. The van der Waals surface area contributed by atoms with Crippen LogP contribution in [0.1, 0.15) is 58.8 Å². The van der Waals surface area contributed by atoms with E-state index in [2.05, 4.69) is 29.8 Å². The summed E-state index contributed by atoms with van der Waals surface area (Å²) in [7, 11) is 0. The van der Waals surface area contributed by atoms with Crippen LogP contribution in [0.2, 0.25) is 0 Å². The fourth-order valence-electron chi connectivity index (χ4n) is 2.36. The second kappa shape index (κ2) is 8.52. The van der Waals surface area contributed by atoms with Crippen molar-refractivity contribution in [3.05, 3.63) is 0 Å². The first-order valence-electron chi connectivity index (χ1n) is 6.92. The summed E-state index contributed by atoms with van der Waals surface area (Å²) in [4.78, 5) is 0.740. The molecule has 1 rings (SSSR count). The van der Waals surface area contributed by atoms with E-state index in [4.69, 9.17) is 4.74 Å². The minimum atomic E-state index is 0.740. The van der Waals surface area contributed by atoms with E-state index in [1.165, 1.54) is 44.9 Å². The summed E-state index contributed by atoms with van der Waals surface area (Å²) >= 11 is 3.84. The fraction of sp³-hybridized carbons (Fsp3) is 1.00. The zero-order chi connectivity index (χ0) is 11.8. The molecule has 1 saturated carbocycles. The lowest BCUT2D eigenvalue weighted by Gasteiger charge is -2.16. The van der Waals surface area contributed by atoms with Crippen molar-refractivity contribution in [3.8, 4) is 0 Å². The summed E-state index contributed by atoms with van der Waals surface area (Å²) in [5, 5.41) is 0. The predicted octanol–water partition coefficient (Wildman–Crippen LogP) is 4.78. The molecule has 0 saturated heterocycles. The molecule has 0 aromatic carbocycles. The molecule has 1 aliphatic carbocycles. The third kappa shape index (κ3) is 6.24. The Balaban J connectivity index is 1.90. The lowest BCUT2D eigenvalue weighted by atomic mass is 10.0. The Bertz CT molecular complexity index is 164. The van der Waals surface area contributed by atoms with Gasteiger partial charge in [0, 0.05) is 18.0 Å². The normalized spacial score (nSPS) is 19.5. The minimum absolute atomic E-state index is 0.740. The number of rotatable bonds is 8. The minimum Gasteiger partial charge on any atom is -0.381 e. The molecule has 1 aliphatic rings. The fourth-order valence-corrected chi connectivity index (χ4v) is 3.21. The van der Waals surface area contributed by atoms with Crippen LogP contribution in [-0.2, 0) is 4.74 Å². The molecule has 1 atom stereocenters. The predicted molar refractivity (Wildman–Crippen MR) is 74.2 cm³/mol. The van der Waals surface area contributed by atoms with Gasteiger partial charge in [0.1, 0.15) is 0 Å². The van der Waals surface area contributed by atoms with Gasteiger partial charge in [0.25, 0.3) is 0 Å². The molecule has 0 radical (unpaired) electrons. The first kappa shape index (κ1) is 14.5. The van der Waals surface area contributed by atoms with Gasteiger partial charge in [0.05, 0.1) is 0 Å². The molecular formula is C14H27BrO. The van der Waals surface area contributed by atoms with Crippen molar-refractivity contribution in [3.63, 3.8) is 0 Å². The molecule has 1 nitrogen and oxygen atoms in total. The van der Waals surface area contributed by atoms with E-state index >= 15 is 0 Å². The van der Waals surface area contributed by atoms with E-state index in [1.54, 1.807) is 0 Å². The van der Waals surface area contributed by atoms with E-state index in [9.17, 15) is 0 Å². The molecule has 16 heavy (non-hydrogen) atoms. The van der Waals surface area contributed by atoms with Crippen LogP contribution in [0.15, 0.2) is 0 Å². The van der Waals surface area contributed by atoms with Crippen molar-refractivity contribution in [2.75, 3.05) is 13.2 Å². The van der Waals surface area contributed by atoms with Gasteiger partial charge in [-0.2, -0.15) is 0 Å². The molecule has 96 valence electrons. The second-order valence-electron chi connectivity index (χ2n) is 5.50. The standard InChI is InChI=1S/C14H27BrO/c1-12(2)9-11-16-10-5-8-14(15)13-6-3-4-7-13/h12-14H,3-11H2,1-2H3. The van der Waals surface area contributed by atoms with E-state index in [1.807, 2.05) is 0 Å². The topological polar surface area (TPSA) is 9.23 Å². The van der Waals surface area contributed by atoms with Crippen LogP contribution in [0.3, 0.4) is 0 Å². The summed E-state index contributed by atoms with van der Waals surface area (Å²) in [5.74, 6) is 1.71. The zero-order valence-corrected chi connectivity index (χ0v) is 12.5. The Labute approximate surface area is 109 Å². The highest BCUT2D eigenvalue weighted by molar-refractivity contribution is 9.09. The molecule has 0 N–H and O–H groups in total. The van der Waals surface area contributed by atoms with Gasteiger partial charge in [0.15, 0.2) is 0 Å². The largest absolute Gasteiger partial charge is 0.381 e. The SMILES string of the molecule is CC(C)CCOCCCC(Br)C1CCCC1. The monoisotopic (exact) mass is 290 g/mol. The van der Waals surface area contributed by atoms with Crippen molar-refractivity contribution in [2.24, 2.45) is 11.8 Å². The first-order valence-corrected chi connectivity index (χ1v) is 7.83. The quantitative estimate of drug-likeness (QED) is 0.462. The van der Waals surface area contributed by atoms with Crippen LogP contribution < -0.4 is 0 Å². The van der Waals surface area contributed by atoms with Gasteiger partial charge in [-0.15, -0.1) is 0 Å². The van der Waals surface area contributed by atoms with Crippen molar-refractivity contribution >= 4 is 15.9 Å². The summed E-state index contributed by atoms with van der Waals surface area (Å²) in [6.07, 6.45) is 9.45. The van der Waals surface area contributed by atoms with Gasteiger partial charge >= 0.3 is 0 Å². The van der Waals surface area contributed by atoms with E-state index in [0.29, 0.717) is 0 Å². The molecule has 0 bridgehead atoms. The number of hydrogen-bond donors (Lipinski definition) is 0. The maximum Gasteiger partial charge on any atom is 0.0468 e. The van der Waals surface area contributed by atoms with E-state index in [0.717, 1.165) is 29.9 Å². The Hall–Kier alpha value is 0.440. The van der Waals surface area contributed by atoms with Crippen LogP contribution in [0.4, 0.5) is 0 Å². The Morgan fingerprint density at radius 3 is 2.44 bits per heavy atom. The zero-order valence-electron chi connectivity index (χ0n) is 10.9. The lowest BCUT2D eigenvalue weighted by Crippen LogP contribution is -2.12. The number of alkyl halides is 1. The van der Waals surface area contributed by atoms with Crippen molar-refractivity contribution < 1.29 is 4.74 Å². The molecule has 1 fully saturated rings. The molecule has 0 aromatic rings. The molecule has 1 unspecified atom stereocenters. The van der Waals surface area contributed by atoms with Crippen molar-refractivity contribution in [1.82, 2.24) is 0 Å². The number of halogens is 1. The Kier molecular flexibility index (Phi) is 7.72.